The maximum Gasteiger partial charge on any atom is 0.274 e. The smallest absolute Gasteiger partial charge is 0.274 e. The molecule has 3 atom stereocenters. The van der Waals surface area contributed by atoms with Crippen LogP contribution in [0.3, 0.4) is 0 Å². The van der Waals surface area contributed by atoms with Gasteiger partial charge in [0.2, 0.25) is 17.6 Å². The second kappa shape index (κ2) is 13.5. The summed E-state index contributed by atoms with van der Waals surface area (Å²) < 4.78 is 7.74. The SMILES string of the molecule is O=C(Nc1ccc(OCCN2CCN(CCNC(=O)[C@@H]3C[C@@H]4CCCC[C@@H]4N3)CC2)nc1)c1ccn2c(n1)nc1ccccc12. The Kier molecular flexibility index (Phi) is 8.85. The molecule has 4 aromatic rings. The lowest BCUT2D eigenvalue weighted by molar-refractivity contribution is -0.122. The fraction of sp³-hybridized carbons (Fsp3) is 0.485. The molecule has 236 valence electrons. The fourth-order valence-corrected chi connectivity index (χ4v) is 6.91. The van der Waals surface area contributed by atoms with Crippen LogP contribution in [0.4, 0.5) is 5.69 Å². The van der Waals surface area contributed by atoms with Gasteiger partial charge in [-0.05, 0) is 49.4 Å². The number of para-hydroxylation sites is 2. The number of benzene rings is 1. The molecule has 0 bridgehead atoms. The molecular formula is C33H41N9O3. The predicted molar refractivity (Wildman–Crippen MR) is 171 cm³/mol. The van der Waals surface area contributed by atoms with Gasteiger partial charge in [-0.1, -0.05) is 25.0 Å². The lowest BCUT2D eigenvalue weighted by Crippen LogP contribution is -2.50. The summed E-state index contributed by atoms with van der Waals surface area (Å²) >= 11 is 0. The Morgan fingerprint density at radius 2 is 1.78 bits per heavy atom. The van der Waals surface area contributed by atoms with E-state index in [9.17, 15) is 9.59 Å². The number of imidazole rings is 1. The second-order valence-corrected chi connectivity index (χ2v) is 12.4. The zero-order chi connectivity index (χ0) is 30.6. The van der Waals surface area contributed by atoms with Crippen LogP contribution in [-0.2, 0) is 4.79 Å². The molecule has 2 saturated heterocycles. The Labute approximate surface area is 262 Å². The first-order valence-corrected chi connectivity index (χ1v) is 16.2. The molecule has 12 nitrogen and oxygen atoms in total. The minimum atomic E-state index is -0.329. The number of nitrogens with zero attached hydrogens (tertiary/aromatic N) is 6. The van der Waals surface area contributed by atoms with Gasteiger partial charge >= 0.3 is 0 Å². The van der Waals surface area contributed by atoms with Crippen molar-refractivity contribution in [2.45, 2.75) is 44.2 Å². The van der Waals surface area contributed by atoms with Crippen molar-refractivity contribution in [3.05, 3.63) is 60.6 Å². The number of carbonyl (C=O) groups is 2. The van der Waals surface area contributed by atoms with Gasteiger partial charge in [-0.3, -0.25) is 23.8 Å². The molecule has 7 rings (SSSR count). The summed E-state index contributed by atoms with van der Waals surface area (Å²) in [5, 5.41) is 9.58. The van der Waals surface area contributed by atoms with Crippen molar-refractivity contribution in [2.24, 2.45) is 5.92 Å². The number of hydrogen-bond acceptors (Lipinski definition) is 9. The lowest BCUT2D eigenvalue weighted by Gasteiger charge is -2.34. The zero-order valence-electron chi connectivity index (χ0n) is 25.5. The van der Waals surface area contributed by atoms with E-state index in [1.54, 1.807) is 30.6 Å². The fourth-order valence-electron chi connectivity index (χ4n) is 6.91. The topological polar surface area (TPSA) is 129 Å². The highest BCUT2D eigenvalue weighted by Crippen LogP contribution is 2.33. The molecule has 3 aliphatic rings. The summed E-state index contributed by atoms with van der Waals surface area (Å²) in [5.74, 6) is 1.52. The van der Waals surface area contributed by atoms with Gasteiger partial charge in [0.25, 0.3) is 5.91 Å². The van der Waals surface area contributed by atoms with Crippen molar-refractivity contribution in [1.82, 2.24) is 39.8 Å². The molecular weight excluding hydrogens is 570 g/mol. The number of carbonyl (C=O) groups excluding carboxylic acids is 2. The summed E-state index contributed by atoms with van der Waals surface area (Å²) in [6.45, 7) is 6.83. The number of fused-ring (bicyclic) bond motifs is 4. The van der Waals surface area contributed by atoms with E-state index in [-0.39, 0.29) is 23.6 Å². The number of rotatable bonds is 10. The van der Waals surface area contributed by atoms with Crippen molar-refractivity contribution in [2.75, 3.05) is 57.7 Å². The molecule has 0 unspecified atom stereocenters. The van der Waals surface area contributed by atoms with Crippen LogP contribution in [0.1, 0.15) is 42.6 Å². The van der Waals surface area contributed by atoms with E-state index in [1.165, 1.54) is 25.7 Å². The third kappa shape index (κ3) is 6.92. The summed E-state index contributed by atoms with van der Waals surface area (Å²) in [5.41, 5.74) is 2.62. The normalized spacial score (nSPS) is 22.4. The van der Waals surface area contributed by atoms with E-state index < -0.39 is 0 Å². The van der Waals surface area contributed by atoms with E-state index in [4.69, 9.17) is 4.74 Å². The zero-order valence-corrected chi connectivity index (χ0v) is 25.5. The number of nitrogens with one attached hydrogen (secondary N) is 3. The van der Waals surface area contributed by atoms with Gasteiger partial charge in [0.05, 0.1) is 29.0 Å². The lowest BCUT2D eigenvalue weighted by atomic mass is 9.85. The first-order valence-electron chi connectivity index (χ1n) is 16.2. The van der Waals surface area contributed by atoms with E-state index in [2.05, 4.69) is 40.7 Å². The largest absolute Gasteiger partial charge is 0.476 e. The van der Waals surface area contributed by atoms with Crippen LogP contribution < -0.4 is 20.7 Å². The van der Waals surface area contributed by atoms with Crippen molar-refractivity contribution < 1.29 is 14.3 Å². The third-order valence-corrected chi connectivity index (χ3v) is 9.43. The molecule has 1 aromatic carbocycles. The van der Waals surface area contributed by atoms with Gasteiger partial charge in [0, 0.05) is 64.1 Å². The van der Waals surface area contributed by atoms with Gasteiger partial charge in [0.1, 0.15) is 12.3 Å². The number of ether oxygens (including phenoxy) is 1. The van der Waals surface area contributed by atoms with Crippen LogP contribution >= 0.6 is 0 Å². The number of aromatic nitrogens is 4. The number of piperazine rings is 1. The van der Waals surface area contributed by atoms with Crippen LogP contribution in [0.25, 0.3) is 16.8 Å². The van der Waals surface area contributed by atoms with Crippen LogP contribution in [0.2, 0.25) is 0 Å². The molecule has 0 spiro atoms. The molecule has 45 heavy (non-hydrogen) atoms. The van der Waals surface area contributed by atoms with Gasteiger partial charge < -0.3 is 20.7 Å². The van der Waals surface area contributed by atoms with Crippen molar-refractivity contribution in [3.63, 3.8) is 0 Å². The Morgan fingerprint density at radius 3 is 2.60 bits per heavy atom. The summed E-state index contributed by atoms with van der Waals surface area (Å²) in [6.07, 6.45) is 9.46. The Morgan fingerprint density at radius 1 is 0.956 bits per heavy atom. The van der Waals surface area contributed by atoms with Crippen molar-refractivity contribution in [1.29, 1.82) is 0 Å². The van der Waals surface area contributed by atoms with Gasteiger partial charge in [-0.2, -0.15) is 0 Å². The third-order valence-electron chi connectivity index (χ3n) is 9.43. The summed E-state index contributed by atoms with van der Waals surface area (Å²) in [6, 6.07) is 13.5. The van der Waals surface area contributed by atoms with E-state index >= 15 is 0 Å². The molecule has 0 radical (unpaired) electrons. The standard InChI is InChI=1S/C33H41N9O3/c43-31(28-21-23-5-1-2-6-25(23)37-28)34-12-14-40-15-17-41(18-16-40)19-20-45-30-10-9-24(22-35-30)36-32(44)27-11-13-42-29-8-4-3-7-26(29)38-33(42)39-27/h3-4,7-11,13,22-23,25,28,37H,1-2,5-6,12,14-21H2,(H,34,43)(H,36,44)/t23-,25-,28-/m0/s1. The number of pyridine rings is 1. The van der Waals surface area contributed by atoms with Gasteiger partial charge in [0.15, 0.2) is 0 Å². The average Bonchev–Trinajstić information content (AvgIpc) is 3.68. The molecule has 3 aromatic heterocycles. The molecule has 1 saturated carbocycles. The Balaban J connectivity index is 0.791. The highest BCUT2D eigenvalue weighted by atomic mass is 16.5. The first kappa shape index (κ1) is 29.6. The summed E-state index contributed by atoms with van der Waals surface area (Å²) in [4.78, 5) is 43.6. The van der Waals surface area contributed by atoms with Gasteiger partial charge in [-0.25, -0.2) is 15.0 Å². The Hall–Kier alpha value is -4.13. The highest BCUT2D eigenvalue weighted by Gasteiger charge is 2.38. The monoisotopic (exact) mass is 611 g/mol. The summed E-state index contributed by atoms with van der Waals surface area (Å²) in [7, 11) is 0. The number of amides is 2. The highest BCUT2D eigenvalue weighted by molar-refractivity contribution is 6.03. The average molecular weight is 612 g/mol. The maximum absolute atomic E-state index is 12.8. The minimum Gasteiger partial charge on any atom is -0.476 e. The van der Waals surface area contributed by atoms with Crippen LogP contribution in [-0.4, -0.2) is 105 Å². The Bertz CT molecular complexity index is 1620. The van der Waals surface area contributed by atoms with Gasteiger partial charge in [-0.15, -0.1) is 0 Å². The molecule has 1 aliphatic carbocycles. The molecule has 12 heteroatoms. The van der Waals surface area contributed by atoms with Crippen LogP contribution in [0, 0.1) is 5.92 Å². The van der Waals surface area contributed by atoms with E-state index in [0.717, 1.165) is 56.7 Å². The van der Waals surface area contributed by atoms with E-state index in [1.807, 2.05) is 28.7 Å². The predicted octanol–water partition coefficient (Wildman–Crippen LogP) is 2.56. The van der Waals surface area contributed by atoms with Crippen molar-refractivity contribution >= 4 is 34.3 Å². The minimum absolute atomic E-state index is 0.0121. The molecule has 3 N–H and O–H groups in total. The maximum atomic E-state index is 12.8. The molecule has 2 amide bonds. The number of hydrogen-bond donors (Lipinski definition) is 3. The quantitative estimate of drug-likeness (QED) is 0.248. The second-order valence-electron chi connectivity index (χ2n) is 12.4. The van der Waals surface area contributed by atoms with E-state index in [0.29, 0.717) is 42.5 Å². The first-order chi connectivity index (χ1) is 22.1. The molecule has 5 heterocycles. The molecule has 2 aliphatic heterocycles. The van der Waals surface area contributed by atoms with Crippen molar-refractivity contribution in [3.8, 4) is 5.88 Å². The van der Waals surface area contributed by atoms with Crippen LogP contribution in [0.15, 0.2) is 54.9 Å². The van der Waals surface area contributed by atoms with Crippen LogP contribution in [0.5, 0.6) is 5.88 Å². The number of anilines is 1. The molecule has 3 fully saturated rings.